The van der Waals surface area contributed by atoms with Gasteiger partial charge in [-0.1, -0.05) is 30.3 Å². The predicted molar refractivity (Wildman–Crippen MR) is 57.4 cm³/mol. The number of hydrogen-bond donors (Lipinski definition) is 1. The molecule has 0 radical (unpaired) electrons. The van der Waals surface area contributed by atoms with Crippen molar-refractivity contribution < 1.29 is 14.6 Å². The number of ether oxygens (including phenoxy) is 1. The SMILES string of the molecule is CC(O)CC(C=O)OCc1ccccc1. The fourth-order valence-electron chi connectivity index (χ4n) is 1.28. The Bertz CT molecular complexity index is 282. The van der Waals surface area contributed by atoms with Crippen molar-refractivity contribution in [2.45, 2.75) is 32.2 Å². The van der Waals surface area contributed by atoms with E-state index >= 15 is 0 Å². The molecule has 0 spiro atoms. The Morgan fingerprint density at radius 2 is 2.07 bits per heavy atom. The monoisotopic (exact) mass is 208 g/mol. The zero-order chi connectivity index (χ0) is 11.1. The Morgan fingerprint density at radius 1 is 1.40 bits per heavy atom. The van der Waals surface area contributed by atoms with Crippen LogP contribution in [-0.2, 0) is 16.1 Å². The fourth-order valence-corrected chi connectivity index (χ4v) is 1.28. The second kappa shape index (κ2) is 6.32. The molecule has 0 saturated carbocycles. The first-order valence-corrected chi connectivity index (χ1v) is 5.01. The lowest BCUT2D eigenvalue weighted by Gasteiger charge is -2.13. The van der Waals surface area contributed by atoms with Gasteiger partial charge in [-0.15, -0.1) is 0 Å². The molecule has 0 fully saturated rings. The summed E-state index contributed by atoms with van der Waals surface area (Å²) in [5, 5.41) is 9.11. The molecule has 3 nitrogen and oxygen atoms in total. The van der Waals surface area contributed by atoms with Gasteiger partial charge in [-0.25, -0.2) is 0 Å². The van der Waals surface area contributed by atoms with Crippen LogP contribution >= 0.6 is 0 Å². The normalized spacial score (nSPS) is 14.5. The second-order valence-corrected chi connectivity index (χ2v) is 3.56. The van der Waals surface area contributed by atoms with Crippen molar-refractivity contribution in [3.8, 4) is 0 Å². The molecule has 2 unspecified atom stereocenters. The molecule has 1 rings (SSSR count). The summed E-state index contributed by atoms with van der Waals surface area (Å²) >= 11 is 0. The predicted octanol–water partition coefficient (Wildman–Crippen LogP) is 1.54. The van der Waals surface area contributed by atoms with E-state index in [1.165, 1.54) is 0 Å². The molecule has 0 bridgehead atoms. The molecule has 0 amide bonds. The van der Waals surface area contributed by atoms with Crippen LogP contribution in [0.25, 0.3) is 0 Å². The molecule has 1 aromatic rings. The average Bonchev–Trinajstić information content (AvgIpc) is 2.25. The maximum Gasteiger partial charge on any atom is 0.148 e. The van der Waals surface area contributed by atoms with Crippen LogP contribution in [0.2, 0.25) is 0 Å². The number of benzene rings is 1. The number of carbonyl (C=O) groups excluding carboxylic acids is 1. The molecule has 82 valence electrons. The quantitative estimate of drug-likeness (QED) is 0.721. The third kappa shape index (κ3) is 4.72. The van der Waals surface area contributed by atoms with Crippen LogP contribution in [0.3, 0.4) is 0 Å². The largest absolute Gasteiger partial charge is 0.393 e. The summed E-state index contributed by atoms with van der Waals surface area (Å²) in [6.45, 7) is 2.04. The number of rotatable bonds is 6. The zero-order valence-corrected chi connectivity index (χ0v) is 8.80. The number of aldehydes is 1. The third-order valence-corrected chi connectivity index (χ3v) is 2.03. The summed E-state index contributed by atoms with van der Waals surface area (Å²) in [6, 6.07) is 9.64. The lowest BCUT2D eigenvalue weighted by Crippen LogP contribution is -2.20. The zero-order valence-electron chi connectivity index (χ0n) is 8.80. The van der Waals surface area contributed by atoms with Crippen LogP contribution < -0.4 is 0 Å². The Kier molecular flexibility index (Phi) is 5.01. The molecule has 0 aliphatic rings. The molecule has 1 aromatic carbocycles. The van der Waals surface area contributed by atoms with E-state index in [0.29, 0.717) is 13.0 Å². The number of hydrogen-bond acceptors (Lipinski definition) is 3. The summed E-state index contributed by atoms with van der Waals surface area (Å²) in [6.07, 6.45) is 0.0348. The summed E-state index contributed by atoms with van der Waals surface area (Å²) in [5.41, 5.74) is 1.02. The Morgan fingerprint density at radius 3 is 2.60 bits per heavy atom. The molecule has 3 heteroatoms. The molecular formula is C12H16O3. The van der Waals surface area contributed by atoms with Gasteiger partial charge in [0.2, 0.25) is 0 Å². The summed E-state index contributed by atoms with van der Waals surface area (Å²) in [7, 11) is 0. The lowest BCUT2D eigenvalue weighted by molar-refractivity contribution is -0.120. The first kappa shape index (κ1) is 11.9. The van der Waals surface area contributed by atoms with Gasteiger partial charge in [-0.3, -0.25) is 0 Å². The van der Waals surface area contributed by atoms with Gasteiger partial charge in [0.15, 0.2) is 0 Å². The molecule has 15 heavy (non-hydrogen) atoms. The van der Waals surface area contributed by atoms with Crippen LogP contribution in [0.15, 0.2) is 30.3 Å². The maximum atomic E-state index is 10.6. The molecule has 2 atom stereocenters. The van der Waals surface area contributed by atoms with Crippen LogP contribution in [0.5, 0.6) is 0 Å². The highest BCUT2D eigenvalue weighted by molar-refractivity contribution is 5.55. The summed E-state index contributed by atoms with van der Waals surface area (Å²) in [4.78, 5) is 10.6. The van der Waals surface area contributed by atoms with Gasteiger partial charge in [-0.05, 0) is 12.5 Å². The van der Waals surface area contributed by atoms with Crippen molar-refractivity contribution in [3.05, 3.63) is 35.9 Å². The molecular weight excluding hydrogens is 192 g/mol. The van der Waals surface area contributed by atoms with Crippen molar-refractivity contribution >= 4 is 6.29 Å². The first-order chi connectivity index (χ1) is 7.22. The molecule has 0 aliphatic heterocycles. The summed E-state index contributed by atoms with van der Waals surface area (Å²) in [5.74, 6) is 0. The highest BCUT2D eigenvalue weighted by Gasteiger charge is 2.10. The van der Waals surface area contributed by atoms with Gasteiger partial charge in [0.1, 0.15) is 12.4 Å². The van der Waals surface area contributed by atoms with Crippen molar-refractivity contribution in [1.82, 2.24) is 0 Å². The van der Waals surface area contributed by atoms with Gasteiger partial charge in [0.05, 0.1) is 12.7 Å². The van der Waals surface area contributed by atoms with Crippen LogP contribution in [-0.4, -0.2) is 23.6 Å². The van der Waals surface area contributed by atoms with Crippen molar-refractivity contribution in [2.24, 2.45) is 0 Å². The van der Waals surface area contributed by atoms with E-state index in [-0.39, 0.29) is 0 Å². The highest BCUT2D eigenvalue weighted by atomic mass is 16.5. The Hall–Kier alpha value is -1.19. The van der Waals surface area contributed by atoms with E-state index in [1.54, 1.807) is 6.92 Å². The molecule has 1 N–H and O–H groups in total. The van der Waals surface area contributed by atoms with E-state index in [4.69, 9.17) is 9.84 Å². The fraction of sp³-hybridized carbons (Fsp3) is 0.417. The van der Waals surface area contributed by atoms with Gasteiger partial charge >= 0.3 is 0 Å². The second-order valence-electron chi connectivity index (χ2n) is 3.56. The van der Waals surface area contributed by atoms with Crippen LogP contribution in [0.1, 0.15) is 18.9 Å². The molecule has 0 aliphatic carbocycles. The number of aliphatic hydroxyl groups excluding tert-OH is 1. The van der Waals surface area contributed by atoms with Gasteiger partial charge < -0.3 is 14.6 Å². The third-order valence-electron chi connectivity index (χ3n) is 2.03. The van der Waals surface area contributed by atoms with Gasteiger partial charge in [-0.2, -0.15) is 0 Å². The Balaban J connectivity index is 2.38. The average molecular weight is 208 g/mol. The van der Waals surface area contributed by atoms with Crippen molar-refractivity contribution in [1.29, 1.82) is 0 Å². The van der Waals surface area contributed by atoms with Crippen LogP contribution in [0, 0.1) is 0 Å². The molecule has 0 saturated heterocycles. The topological polar surface area (TPSA) is 46.5 Å². The Labute approximate surface area is 89.7 Å². The lowest BCUT2D eigenvalue weighted by atomic mass is 10.2. The van der Waals surface area contributed by atoms with E-state index in [1.807, 2.05) is 30.3 Å². The van der Waals surface area contributed by atoms with E-state index in [2.05, 4.69) is 0 Å². The van der Waals surface area contributed by atoms with Crippen LogP contribution in [0.4, 0.5) is 0 Å². The first-order valence-electron chi connectivity index (χ1n) is 5.01. The minimum absolute atomic E-state index is 0.344. The highest BCUT2D eigenvalue weighted by Crippen LogP contribution is 2.06. The molecule has 0 heterocycles. The smallest absolute Gasteiger partial charge is 0.148 e. The number of carbonyl (C=O) groups is 1. The van der Waals surface area contributed by atoms with E-state index in [9.17, 15) is 4.79 Å². The number of aliphatic hydroxyl groups is 1. The minimum Gasteiger partial charge on any atom is -0.393 e. The summed E-state index contributed by atoms with van der Waals surface area (Å²) < 4.78 is 5.36. The maximum absolute atomic E-state index is 10.6. The van der Waals surface area contributed by atoms with Crippen molar-refractivity contribution in [3.63, 3.8) is 0 Å². The van der Waals surface area contributed by atoms with E-state index < -0.39 is 12.2 Å². The van der Waals surface area contributed by atoms with Crippen molar-refractivity contribution in [2.75, 3.05) is 0 Å². The molecule has 0 aromatic heterocycles. The standard InChI is InChI=1S/C12H16O3/c1-10(14)7-12(8-13)15-9-11-5-3-2-4-6-11/h2-6,8,10,12,14H,7,9H2,1H3. The van der Waals surface area contributed by atoms with E-state index in [0.717, 1.165) is 11.8 Å². The van der Waals surface area contributed by atoms with Gasteiger partial charge in [0.25, 0.3) is 0 Å². The minimum atomic E-state index is -0.523. The van der Waals surface area contributed by atoms with Gasteiger partial charge in [0, 0.05) is 6.42 Å².